The fourth-order valence-corrected chi connectivity index (χ4v) is 5.64. The molecule has 0 saturated heterocycles. The van der Waals surface area contributed by atoms with Gasteiger partial charge in [-0.2, -0.15) is 0 Å². The average molecular weight is 353 g/mol. The van der Waals surface area contributed by atoms with Crippen LogP contribution in [0.5, 0.6) is 0 Å². The summed E-state index contributed by atoms with van der Waals surface area (Å²) in [5.74, 6) is 0.363. The lowest BCUT2D eigenvalue weighted by atomic mass is 9.98. The molecule has 1 fully saturated rings. The minimum absolute atomic E-state index is 0.322. The normalized spacial score (nSPS) is 19.8. The molecule has 1 heterocycles. The van der Waals surface area contributed by atoms with Crippen LogP contribution in [-0.4, -0.2) is 20.5 Å². The third kappa shape index (κ3) is 2.80. The van der Waals surface area contributed by atoms with Crippen LogP contribution in [-0.2, 0) is 10.0 Å². The maximum atomic E-state index is 12.3. The van der Waals surface area contributed by atoms with Crippen LogP contribution in [0.1, 0.15) is 25.3 Å². The van der Waals surface area contributed by atoms with E-state index in [9.17, 15) is 8.42 Å². The molecule has 0 radical (unpaired) electrons. The summed E-state index contributed by atoms with van der Waals surface area (Å²) >= 11 is 4.58. The predicted octanol–water partition coefficient (Wildman–Crippen LogP) is 2.22. The summed E-state index contributed by atoms with van der Waals surface area (Å²) in [5.41, 5.74) is 6.14. The minimum Gasteiger partial charge on any atom is -0.329 e. The Morgan fingerprint density at radius 3 is 2.61 bits per heavy atom. The third-order valence-corrected chi connectivity index (χ3v) is 7.59. The zero-order valence-electron chi connectivity index (χ0n) is 10.4. The van der Waals surface area contributed by atoms with E-state index in [0.717, 1.165) is 22.2 Å². The van der Waals surface area contributed by atoms with E-state index >= 15 is 0 Å². The Labute approximate surface area is 120 Å². The molecule has 4 nitrogen and oxygen atoms in total. The van der Waals surface area contributed by atoms with Gasteiger partial charge in [-0.1, -0.05) is 0 Å². The van der Waals surface area contributed by atoms with Gasteiger partial charge in [0.2, 0.25) is 0 Å². The van der Waals surface area contributed by atoms with E-state index < -0.39 is 15.6 Å². The van der Waals surface area contributed by atoms with E-state index in [1.807, 2.05) is 13.8 Å². The number of halogens is 1. The fraction of sp³-hybridized carbons (Fsp3) is 0.636. The maximum absolute atomic E-state index is 12.3. The Morgan fingerprint density at radius 2 is 2.22 bits per heavy atom. The highest BCUT2D eigenvalue weighted by Gasteiger charge is 2.43. The number of sulfonamides is 1. The van der Waals surface area contributed by atoms with E-state index in [4.69, 9.17) is 5.73 Å². The monoisotopic (exact) mass is 352 g/mol. The molecule has 0 spiro atoms. The molecule has 1 aliphatic carbocycles. The summed E-state index contributed by atoms with van der Waals surface area (Å²) in [4.78, 5) is 0. The quantitative estimate of drug-likeness (QED) is 0.853. The van der Waals surface area contributed by atoms with Crippen molar-refractivity contribution in [3.05, 3.63) is 15.4 Å². The number of nitrogens with two attached hydrogens (primary N) is 1. The van der Waals surface area contributed by atoms with Crippen LogP contribution >= 0.6 is 27.3 Å². The molecule has 1 unspecified atom stereocenters. The van der Waals surface area contributed by atoms with Gasteiger partial charge in [-0.25, -0.2) is 13.1 Å². The van der Waals surface area contributed by atoms with Gasteiger partial charge in [0.15, 0.2) is 0 Å². The number of hydrogen-bond donors (Lipinski definition) is 2. The first kappa shape index (κ1) is 14.5. The van der Waals surface area contributed by atoms with Gasteiger partial charge in [-0.15, -0.1) is 11.3 Å². The molecule has 1 saturated carbocycles. The first-order chi connectivity index (χ1) is 8.28. The smallest absolute Gasteiger partial charge is 0.250 e. The van der Waals surface area contributed by atoms with Crippen LogP contribution < -0.4 is 10.5 Å². The largest absolute Gasteiger partial charge is 0.329 e. The van der Waals surface area contributed by atoms with Crippen molar-refractivity contribution in [1.29, 1.82) is 0 Å². The summed E-state index contributed by atoms with van der Waals surface area (Å²) < 4.78 is 28.6. The van der Waals surface area contributed by atoms with Crippen molar-refractivity contribution >= 4 is 37.3 Å². The molecule has 1 atom stereocenters. The number of rotatable bonds is 5. The van der Waals surface area contributed by atoms with Gasteiger partial charge in [0.25, 0.3) is 10.0 Å². The van der Waals surface area contributed by atoms with E-state index in [-0.39, 0.29) is 0 Å². The Bertz CT molecular complexity index is 532. The lowest BCUT2D eigenvalue weighted by molar-refractivity contribution is 0.374. The van der Waals surface area contributed by atoms with Crippen molar-refractivity contribution < 1.29 is 8.42 Å². The van der Waals surface area contributed by atoms with Crippen molar-refractivity contribution in [2.75, 3.05) is 6.54 Å². The minimum atomic E-state index is -3.48. The second-order valence-corrected chi connectivity index (χ2v) is 9.30. The van der Waals surface area contributed by atoms with Crippen LogP contribution in [0.25, 0.3) is 0 Å². The standard InChI is InChI=1S/C11H17BrN2O2S2/c1-7-5-9(17-10(7)12)18(15,16)14-11(2,6-13)8-3-4-8/h5,8,14H,3-4,6,13H2,1-2H3. The Kier molecular flexibility index (Phi) is 3.91. The number of thiophene rings is 1. The Morgan fingerprint density at radius 1 is 1.61 bits per heavy atom. The molecule has 0 aromatic carbocycles. The van der Waals surface area contributed by atoms with E-state index in [1.54, 1.807) is 6.07 Å². The Balaban J connectivity index is 2.26. The maximum Gasteiger partial charge on any atom is 0.250 e. The van der Waals surface area contributed by atoms with Gasteiger partial charge in [0.05, 0.1) is 3.79 Å². The lowest BCUT2D eigenvalue weighted by Gasteiger charge is -2.28. The van der Waals surface area contributed by atoms with Gasteiger partial charge < -0.3 is 5.73 Å². The molecule has 0 amide bonds. The molecule has 18 heavy (non-hydrogen) atoms. The van der Waals surface area contributed by atoms with Gasteiger partial charge in [-0.3, -0.25) is 0 Å². The Hall–Kier alpha value is 0.0500. The van der Waals surface area contributed by atoms with Crippen molar-refractivity contribution in [1.82, 2.24) is 4.72 Å². The van der Waals surface area contributed by atoms with E-state index in [0.29, 0.717) is 16.7 Å². The SMILES string of the molecule is Cc1cc(S(=O)(=O)NC(C)(CN)C2CC2)sc1Br. The molecule has 2 rings (SSSR count). The van der Waals surface area contributed by atoms with Crippen molar-refractivity contribution in [3.8, 4) is 0 Å². The van der Waals surface area contributed by atoms with Crippen LogP contribution in [0.4, 0.5) is 0 Å². The molecule has 1 aromatic heterocycles. The third-order valence-electron chi connectivity index (χ3n) is 3.37. The second kappa shape index (κ2) is 4.86. The van der Waals surface area contributed by atoms with Crippen LogP contribution in [0, 0.1) is 12.8 Å². The highest BCUT2D eigenvalue weighted by atomic mass is 79.9. The summed E-state index contributed by atoms with van der Waals surface area (Å²) in [5, 5.41) is 0. The molecule has 7 heteroatoms. The van der Waals surface area contributed by atoms with Crippen LogP contribution in [0.15, 0.2) is 14.1 Å². The average Bonchev–Trinajstić information content (AvgIpc) is 3.07. The summed E-state index contributed by atoms with van der Waals surface area (Å²) in [7, 11) is -3.48. The first-order valence-electron chi connectivity index (χ1n) is 5.78. The van der Waals surface area contributed by atoms with Gasteiger partial charge in [0, 0.05) is 12.1 Å². The molecule has 1 aliphatic rings. The topological polar surface area (TPSA) is 72.2 Å². The molecular weight excluding hydrogens is 336 g/mol. The van der Waals surface area contributed by atoms with Gasteiger partial charge in [0.1, 0.15) is 4.21 Å². The van der Waals surface area contributed by atoms with Crippen molar-refractivity contribution in [2.24, 2.45) is 11.7 Å². The second-order valence-electron chi connectivity index (χ2n) is 5.02. The zero-order valence-corrected chi connectivity index (χ0v) is 13.6. The molecule has 1 aromatic rings. The summed E-state index contributed by atoms with van der Waals surface area (Å²) in [6.45, 7) is 4.09. The van der Waals surface area contributed by atoms with Crippen LogP contribution in [0.2, 0.25) is 0 Å². The highest BCUT2D eigenvalue weighted by Crippen LogP contribution is 2.40. The van der Waals surface area contributed by atoms with E-state index in [1.165, 1.54) is 11.3 Å². The first-order valence-corrected chi connectivity index (χ1v) is 8.88. The summed E-state index contributed by atoms with van der Waals surface area (Å²) in [6, 6.07) is 1.68. The van der Waals surface area contributed by atoms with Gasteiger partial charge >= 0.3 is 0 Å². The van der Waals surface area contributed by atoms with Gasteiger partial charge in [-0.05, 0) is 60.2 Å². The molecule has 0 bridgehead atoms. The van der Waals surface area contributed by atoms with Crippen molar-refractivity contribution in [2.45, 2.75) is 36.4 Å². The molecule has 3 N–H and O–H groups in total. The summed E-state index contributed by atoms with van der Waals surface area (Å²) in [6.07, 6.45) is 2.09. The number of aryl methyl sites for hydroxylation is 1. The molecular formula is C11H17BrN2O2S2. The fourth-order valence-electron chi connectivity index (χ4n) is 1.93. The number of nitrogens with one attached hydrogen (secondary N) is 1. The van der Waals surface area contributed by atoms with E-state index in [2.05, 4.69) is 20.7 Å². The molecule has 0 aliphatic heterocycles. The predicted molar refractivity (Wildman–Crippen MR) is 77.3 cm³/mol. The molecule has 102 valence electrons. The lowest BCUT2D eigenvalue weighted by Crippen LogP contribution is -2.52. The zero-order chi connectivity index (χ0) is 13.6. The van der Waals surface area contributed by atoms with Crippen LogP contribution in [0.3, 0.4) is 0 Å². The van der Waals surface area contributed by atoms with Crippen molar-refractivity contribution in [3.63, 3.8) is 0 Å². The highest BCUT2D eigenvalue weighted by molar-refractivity contribution is 9.11. The number of hydrogen-bond acceptors (Lipinski definition) is 4.